The fourth-order valence-corrected chi connectivity index (χ4v) is 4.09. The van der Waals surface area contributed by atoms with E-state index >= 15 is 0 Å². The molecule has 33 heavy (non-hydrogen) atoms. The van der Waals surface area contributed by atoms with E-state index in [1.807, 2.05) is 87.4 Å². The SMILES string of the molecule is COc1c(C)cc(C(N)=O)c(Cc2cccc(C(=O)N(CN(C)C)c3ccccc3)c2)c1C. The lowest BCUT2D eigenvalue weighted by molar-refractivity contribution is 0.0972. The molecule has 0 bridgehead atoms. The Bertz CT molecular complexity index is 1160. The van der Waals surface area contributed by atoms with Gasteiger partial charge in [-0.3, -0.25) is 19.4 Å². The number of aryl methyl sites for hydroxylation is 1. The van der Waals surface area contributed by atoms with Gasteiger partial charge in [-0.15, -0.1) is 0 Å². The summed E-state index contributed by atoms with van der Waals surface area (Å²) in [6, 6.07) is 18.9. The summed E-state index contributed by atoms with van der Waals surface area (Å²) in [5.41, 5.74) is 11.0. The Morgan fingerprint density at radius 2 is 1.67 bits per heavy atom. The van der Waals surface area contributed by atoms with Crippen LogP contribution in [0.4, 0.5) is 5.69 Å². The second kappa shape index (κ2) is 10.3. The molecule has 6 heteroatoms. The van der Waals surface area contributed by atoms with Gasteiger partial charge in [0.1, 0.15) is 5.75 Å². The highest BCUT2D eigenvalue weighted by Crippen LogP contribution is 2.31. The number of carbonyl (C=O) groups excluding carboxylic acids is 2. The fraction of sp³-hybridized carbons (Fsp3) is 0.259. The molecule has 0 aliphatic rings. The molecule has 0 aromatic heterocycles. The molecule has 3 aromatic carbocycles. The van der Waals surface area contributed by atoms with E-state index in [9.17, 15) is 9.59 Å². The molecule has 0 saturated carbocycles. The lowest BCUT2D eigenvalue weighted by Crippen LogP contribution is -2.38. The van der Waals surface area contributed by atoms with Crippen molar-refractivity contribution in [2.75, 3.05) is 32.8 Å². The number of carbonyl (C=O) groups is 2. The Balaban J connectivity index is 1.99. The number of rotatable bonds is 8. The van der Waals surface area contributed by atoms with Crippen LogP contribution in [-0.2, 0) is 6.42 Å². The van der Waals surface area contributed by atoms with E-state index in [0.717, 1.165) is 33.7 Å². The van der Waals surface area contributed by atoms with Crippen LogP contribution in [0.1, 0.15) is 43.0 Å². The minimum absolute atomic E-state index is 0.0925. The second-order valence-corrected chi connectivity index (χ2v) is 8.41. The average Bonchev–Trinajstić information content (AvgIpc) is 2.79. The Labute approximate surface area is 195 Å². The Morgan fingerprint density at radius 1 is 0.970 bits per heavy atom. The van der Waals surface area contributed by atoms with E-state index in [0.29, 0.717) is 24.2 Å². The van der Waals surface area contributed by atoms with Gasteiger partial charge in [-0.05, 0) is 86.9 Å². The Kier molecular flexibility index (Phi) is 7.51. The van der Waals surface area contributed by atoms with Gasteiger partial charge in [0.15, 0.2) is 0 Å². The van der Waals surface area contributed by atoms with Gasteiger partial charge in [0.25, 0.3) is 5.91 Å². The number of anilines is 1. The first-order valence-electron chi connectivity index (χ1n) is 10.8. The molecule has 0 unspecified atom stereocenters. The lowest BCUT2D eigenvalue weighted by atomic mass is 9.91. The summed E-state index contributed by atoms with van der Waals surface area (Å²) in [5.74, 6) is 0.167. The van der Waals surface area contributed by atoms with Crippen molar-refractivity contribution < 1.29 is 14.3 Å². The molecular formula is C27H31N3O3. The van der Waals surface area contributed by atoms with Crippen molar-refractivity contribution in [3.8, 4) is 5.75 Å². The highest BCUT2D eigenvalue weighted by atomic mass is 16.5. The molecule has 0 radical (unpaired) electrons. The number of primary amides is 1. The third-order valence-electron chi connectivity index (χ3n) is 5.60. The van der Waals surface area contributed by atoms with Gasteiger partial charge < -0.3 is 10.5 Å². The topological polar surface area (TPSA) is 75.9 Å². The van der Waals surface area contributed by atoms with Crippen LogP contribution in [0.25, 0.3) is 0 Å². The summed E-state index contributed by atoms with van der Waals surface area (Å²) < 4.78 is 5.55. The van der Waals surface area contributed by atoms with Crippen molar-refractivity contribution in [3.05, 3.63) is 94.0 Å². The molecule has 2 N–H and O–H groups in total. The maximum absolute atomic E-state index is 13.5. The van der Waals surface area contributed by atoms with E-state index in [4.69, 9.17) is 10.5 Å². The van der Waals surface area contributed by atoms with Gasteiger partial charge in [0, 0.05) is 16.8 Å². The quantitative estimate of drug-likeness (QED) is 0.528. The second-order valence-electron chi connectivity index (χ2n) is 8.41. The maximum atomic E-state index is 13.5. The molecule has 0 fully saturated rings. The smallest absolute Gasteiger partial charge is 0.259 e. The van der Waals surface area contributed by atoms with Crippen molar-refractivity contribution in [2.24, 2.45) is 5.73 Å². The van der Waals surface area contributed by atoms with E-state index in [1.165, 1.54) is 0 Å². The number of nitrogens with zero attached hydrogens (tertiary/aromatic N) is 2. The summed E-state index contributed by atoms with van der Waals surface area (Å²) in [4.78, 5) is 29.3. The first kappa shape index (κ1) is 24.0. The number of hydrogen-bond donors (Lipinski definition) is 1. The maximum Gasteiger partial charge on any atom is 0.259 e. The molecule has 0 aliphatic carbocycles. The van der Waals surface area contributed by atoms with E-state index in [1.54, 1.807) is 18.1 Å². The molecule has 3 rings (SSSR count). The summed E-state index contributed by atoms with van der Waals surface area (Å²) in [7, 11) is 5.47. The number of methoxy groups -OCH3 is 1. The Hall–Kier alpha value is -3.64. The third-order valence-corrected chi connectivity index (χ3v) is 5.60. The zero-order valence-corrected chi connectivity index (χ0v) is 19.9. The zero-order valence-electron chi connectivity index (χ0n) is 19.9. The van der Waals surface area contributed by atoms with Crippen molar-refractivity contribution in [2.45, 2.75) is 20.3 Å². The van der Waals surface area contributed by atoms with Crippen molar-refractivity contribution in [1.29, 1.82) is 0 Å². The van der Waals surface area contributed by atoms with E-state index < -0.39 is 5.91 Å². The first-order chi connectivity index (χ1) is 15.7. The van der Waals surface area contributed by atoms with Crippen LogP contribution in [0.5, 0.6) is 5.75 Å². The molecule has 0 heterocycles. The van der Waals surface area contributed by atoms with Gasteiger partial charge in [0.05, 0.1) is 13.8 Å². The molecule has 0 aliphatic heterocycles. The Morgan fingerprint density at radius 3 is 2.27 bits per heavy atom. The van der Waals surface area contributed by atoms with Gasteiger partial charge in [-0.2, -0.15) is 0 Å². The summed E-state index contributed by atoms with van der Waals surface area (Å²) in [5, 5.41) is 0. The molecule has 0 spiro atoms. The van der Waals surface area contributed by atoms with Gasteiger partial charge >= 0.3 is 0 Å². The first-order valence-corrected chi connectivity index (χ1v) is 10.8. The van der Waals surface area contributed by atoms with Crippen LogP contribution < -0.4 is 15.4 Å². The number of para-hydroxylation sites is 1. The number of benzene rings is 3. The largest absolute Gasteiger partial charge is 0.496 e. The fourth-order valence-electron chi connectivity index (χ4n) is 4.09. The van der Waals surface area contributed by atoms with Crippen LogP contribution in [0.15, 0.2) is 60.7 Å². The van der Waals surface area contributed by atoms with Crippen LogP contribution in [0, 0.1) is 13.8 Å². The number of hydrogen-bond acceptors (Lipinski definition) is 4. The van der Waals surface area contributed by atoms with Crippen LogP contribution >= 0.6 is 0 Å². The third kappa shape index (κ3) is 5.41. The van der Waals surface area contributed by atoms with Crippen LogP contribution in [-0.4, -0.2) is 44.6 Å². The highest BCUT2D eigenvalue weighted by molar-refractivity contribution is 6.06. The minimum Gasteiger partial charge on any atom is -0.496 e. The number of nitrogens with two attached hydrogens (primary N) is 1. The summed E-state index contributed by atoms with van der Waals surface area (Å²) in [6.07, 6.45) is 0.459. The molecule has 2 amide bonds. The van der Waals surface area contributed by atoms with Gasteiger partial charge in [-0.1, -0.05) is 30.3 Å². The monoisotopic (exact) mass is 445 g/mol. The molecule has 3 aromatic rings. The summed E-state index contributed by atoms with van der Waals surface area (Å²) >= 11 is 0. The predicted octanol–water partition coefficient (Wildman–Crippen LogP) is 4.17. The van der Waals surface area contributed by atoms with E-state index in [2.05, 4.69) is 0 Å². The van der Waals surface area contributed by atoms with Gasteiger partial charge in [0.2, 0.25) is 5.91 Å². The van der Waals surface area contributed by atoms with Crippen molar-refractivity contribution >= 4 is 17.5 Å². The number of ether oxygens (including phenoxy) is 1. The molecule has 6 nitrogen and oxygen atoms in total. The standard InChI is InChI=1S/C27H31N3O3/c1-18-14-24(26(28)31)23(19(2)25(18)33-5)16-20-10-9-11-21(15-20)27(32)30(17-29(3)4)22-12-7-6-8-13-22/h6-15H,16-17H2,1-5H3,(H2,28,31). The average molecular weight is 446 g/mol. The minimum atomic E-state index is -0.479. The van der Waals surface area contributed by atoms with Crippen molar-refractivity contribution in [3.63, 3.8) is 0 Å². The summed E-state index contributed by atoms with van der Waals surface area (Å²) in [6.45, 7) is 4.27. The van der Waals surface area contributed by atoms with E-state index in [-0.39, 0.29) is 5.91 Å². The van der Waals surface area contributed by atoms with Gasteiger partial charge in [-0.25, -0.2) is 0 Å². The molecule has 172 valence electrons. The predicted molar refractivity (Wildman–Crippen MR) is 132 cm³/mol. The molecular weight excluding hydrogens is 414 g/mol. The zero-order chi connectivity index (χ0) is 24.1. The normalized spacial score (nSPS) is 10.8. The highest BCUT2D eigenvalue weighted by Gasteiger charge is 2.20. The lowest BCUT2D eigenvalue weighted by Gasteiger charge is -2.26. The molecule has 0 saturated heterocycles. The molecule has 0 atom stereocenters. The van der Waals surface area contributed by atoms with Crippen molar-refractivity contribution in [1.82, 2.24) is 4.90 Å². The number of amides is 2. The van der Waals surface area contributed by atoms with Crippen LogP contribution in [0.3, 0.4) is 0 Å². The van der Waals surface area contributed by atoms with Crippen LogP contribution in [0.2, 0.25) is 0 Å².